The normalized spacial score (nSPS) is 15.7. The zero-order chi connectivity index (χ0) is 13.7. The van der Waals surface area contributed by atoms with Crippen LogP contribution in [0.2, 0.25) is 0 Å². The van der Waals surface area contributed by atoms with Gasteiger partial charge in [-0.2, -0.15) is 0 Å². The molecule has 0 fully saturated rings. The van der Waals surface area contributed by atoms with Crippen molar-refractivity contribution in [2.24, 2.45) is 0 Å². The monoisotopic (exact) mass is 256 g/mol. The molecular formula is C17H24N2. The summed E-state index contributed by atoms with van der Waals surface area (Å²) >= 11 is 0. The fourth-order valence-corrected chi connectivity index (χ4v) is 2.72. The van der Waals surface area contributed by atoms with Crippen LogP contribution in [0.5, 0.6) is 0 Å². The summed E-state index contributed by atoms with van der Waals surface area (Å²) in [5.41, 5.74) is 4.20. The highest BCUT2D eigenvalue weighted by Gasteiger charge is 2.13. The first-order chi connectivity index (χ1) is 9.24. The number of fused-ring (bicyclic) bond motifs is 1. The maximum atomic E-state index is 5.53. The standard InChI is InChI=1S/C17H24N2/c1-4-7-16(5-2)18-13-14-9-10-17-15(12-14)8-6-11-19(17)3/h2,9-10,12,16,18H,4,6-8,11,13H2,1,3H3. The first-order valence-electron chi connectivity index (χ1n) is 7.27. The van der Waals surface area contributed by atoms with Gasteiger partial charge in [0.2, 0.25) is 0 Å². The van der Waals surface area contributed by atoms with Crippen LogP contribution in [-0.4, -0.2) is 19.6 Å². The second kappa shape index (κ2) is 6.63. The van der Waals surface area contributed by atoms with Crippen molar-refractivity contribution in [2.45, 2.75) is 45.2 Å². The molecule has 1 aromatic rings. The summed E-state index contributed by atoms with van der Waals surface area (Å²) in [6, 6.07) is 6.99. The fourth-order valence-electron chi connectivity index (χ4n) is 2.72. The van der Waals surface area contributed by atoms with Gasteiger partial charge in [-0.05, 0) is 36.5 Å². The highest BCUT2D eigenvalue weighted by Crippen LogP contribution is 2.26. The number of aryl methyl sites for hydroxylation is 1. The van der Waals surface area contributed by atoms with Crippen LogP contribution in [0, 0.1) is 12.3 Å². The van der Waals surface area contributed by atoms with Crippen molar-refractivity contribution in [3.63, 3.8) is 0 Å². The number of terminal acetylenes is 1. The third-order valence-electron chi connectivity index (χ3n) is 3.83. The van der Waals surface area contributed by atoms with Crippen molar-refractivity contribution in [1.29, 1.82) is 0 Å². The van der Waals surface area contributed by atoms with Crippen molar-refractivity contribution in [2.75, 3.05) is 18.5 Å². The third-order valence-corrected chi connectivity index (χ3v) is 3.83. The Morgan fingerprint density at radius 3 is 3.05 bits per heavy atom. The molecule has 1 unspecified atom stereocenters. The first-order valence-corrected chi connectivity index (χ1v) is 7.27. The fraction of sp³-hybridized carbons (Fsp3) is 0.529. The van der Waals surface area contributed by atoms with Crippen molar-refractivity contribution in [3.05, 3.63) is 29.3 Å². The number of nitrogens with zero attached hydrogens (tertiary/aromatic N) is 1. The number of hydrogen-bond donors (Lipinski definition) is 1. The minimum atomic E-state index is 0.198. The Balaban J connectivity index is 2.00. The number of benzene rings is 1. The van der Waals surface area contributed by atoms with Gasteiger partial charge in [-0.25, -0.2) is 0 Å². The number of anilines is 1. The predicted molar refractivity (Wildman–Crippen MR) is 82.4 cm³/mol. The summed E-state index contributed by atoms with van der Waals surface area (Å²) in [5.74, 6) is 2.82. The van der Waals surface area contributed by atoms with Crippen LogP contribution in [0.3, 0.4) is 0 Å². The Bertz CT molecular complexity index is 459. The lowest BCUT2D eigenvalue weighted by Gasteiger charge is -2.28. The molecule has 0 spiro atoms. The van der Waals surface area contributed by atoms with E-state index >= 15 is 0 Å². The van der Waals surface area contributed by atoms with E-state index < -0.39 is 0 Å². The van der Waals surface area contributed by atoms with E-state index in [4.69, 9.17) is 6.42 Å². The molecular weight excluding hydrogens is 232 g/mol. The lowest BCUT2D eigenvalue weighted by Crippen LogP contribution is -2.27. The lowest BCUT2D eigenvalue weighted by atomic mass is 9.99. The lowest BCUT2D eigenvalue weighted by molar-refractivity contribution is 0.562. The third kappa shape index (κ3) is 3.52. The molecule has 1 heterocycles. The molecule has 1 atom stereocenters. The molecule has 2 heteroatoms. The molecule has 0 amide bonds. The molecule has 2 nitrogen and oxygen atoms in total. The Morgan fingerprint density at radius 2 is 2.32 bits per heavy atom. The van der Waals surface area contributed by atoms with Crippen molar-refractivity contribution >= 4 is 5.69 Å². The van der Waals surface area contributed by atoms with E-state index in [1.165, 1.54) is 36.2 Å². The number of nitrogens with one attached hydrogen (secondary N) is 1. The van der Waals surface area contributed by atoms with Gasteiger partial charge in [0.25, 0.3) is 0 Å². The Hall–Kier alpha value is -1.46. The average Bonchev–Trinajstić information content (AvgIpc) is 2.43. The van der Waals surface area contributed by atoms with Gasteiger partial charge in [-0.3, -0.25) is 5.32 Å². The van der Waals surface area contributed by atoms with Gasteiger partial charge in [0.05, 0.1) is 6.04 Å². The Kier molecular flexibility index (Phi) is 4.87. The molecule has 1 aromatic carbocycles. The van der Waals surface area contributed by atoms with E-state index in [9.17, 15) is 0 Å². The van der Waals surface area contributed by atoms with Crippen LogP contribution in [-0.2, 0) is 13.0 Å². The topological polar surface area (TPSA) is 15.3 Å². The van der Waals surface area contributed by atoms with Gasteiger partial charge in [-0.15, -0.1) is 6.42 Å². The van der Waals surface area contributed by atoms with Gasteiger partial charge < -0.3 is 4.90 Å². The zero-order valence-corrected chi connectivity index (χ0v) is 12.1. The molecule has 1 aliphatic rings. The summed E-state index contributed by atoms with van der Waals surface area (Å²) in [6.45, 7) is 4.20. The van der Waals surface area contributed by atoms with E-state index in [-0.39, 0.29) is 6.04 Å². The van der Waals surface area contributed by atoms with E-state index in [1.54, 1.807) is 0 Å². The molecule has 19 heavy (non-hydrogen) atoms. The quantitative estimate of drug-likeness (QED) is 0.815. The van der Waals surface area contributed by atoms with E-state index in [1.807, 2.05) is 0 Å². The van der Waals surface area contributed by atoms with Gasteiger partial charge in [0, 0.05) is 25.8 Å². The summed E-state index contributed by atoms with van der Waals surface area (Å²) in [4.78, 5) is 2.34. The van der Waals surface area contributed by atoms with Crippen LogP contribution in [0.1, 0.15) is 37.3 Å². The summed E-state index contributed by atoms with van der Waals surface area (Å²) in [7, 11) is 2.17. The van der Waals surface area contributed by atoms with E-state index in [0.29, 0.717) is 0 Å². The number of hydrogen-bond acceptors (Lipinski definition) is 2. The van der Waals surface area contributed by atoms with Crippen molar-refractivity contribution in [3.8, 4) is 12.3 Å². The molecule has 0 radical (unpaired) electrons. The molecule has 1 aliphatic heterocycles. The van der Waals surface area contributed by atoms with Crippen LogP contribution >= 0.6 is 0 Å². The molecule has 1 N–H and O–H groups in total. The molecule has 2 rings (SSSR count). The summed E-state index contributed by atoms with van der Waals surface area (Å²) in [5, 5.41) is 3.45. The molecule has 0 aliphatic carbocycles. The minimum Gasteiger partial charge on any atom is -0.374 e. The van der Waals surface area contributed by atoms with Gasteiger partial charge >= 0.3 is 0 Å². The van der Waals surface area contributed by atoms with Crippen LogP contribution < -0.4 is 10.2 Å². The van der Waals surface area contributed by atoms with E-state index in [0.717, 1.165) is 19.4 Å². The van der Waals surface area contributed by atoms with Crippen LogP contribution in [0.15, 0.2) is 18.2 Å². The first kappa shape index (κ1) is 14.0. The highest BCUT2D eigenvalue weighted by molar-refractivity contribution is 5.56. The zero-order valence-electron chi connectivity index (χ0n) is 12.1. The minimum absolute atomic E-state index is 0.198. The van der Waals surface area contributed by atoms with E-state index in [2.05, 4.69) is 48.3 Å². The van der Waals surface area contributed by atoms with Crippen LogP contribution in [0.4, 0.5) is 5.69 Å². The maximum Gasteiger partial charge on any atom is 0.0689 e. The van der Waals surface area contributed by atoms with Gasteiger partial charge in [0.1, 0.15) is 0 Å². The maximum absolute atomic E-state index is 5.53. The Labute approximate surface area is 117 Å². The Morgan fingerprint density at radius 1 is 1.47 bits per heavy atom. The molecule has 0 aromatic heterocycles. The van der Waals surface area contributed by atoms with Crippen molar-refractivity contribution in [1.82, 2.24) is 5.32 Å². The van der Waals surface area contributed by atoms with Crippen molar-refractivity contribution < 1.29 is 0 Å². The van der Waals surface area contributed by atoms with Gasteiger partial charge in [0.15, 0.2) is 0 Å². The van der Waals surface area contributed by atoms with Crippen LogP contribution in [0.25, 0.3) is 0 Å². The average molecular weight is 256 g/mol. The second-order valence-electron chi connectivity index (χ2n) is 5.38. The SMILES string of the molecule is C#CC(CCC)NCc1ccc2c(c1)CCCN2C. The predicted octanol–water partition coefficient (Wildman–Crippen LogP) is 2.96. The molecule has 0 saturated heterocycles. The molecule has 0 bridgehead atoms. The molecule has 102 valence electrons. The highest BCUT2D eigenvalue weighted by atomic mass is 15.1. The molecule has 0 saturated carbocycles. The largest absolute Gasteiger partial charge is 0.374 e. The summed E-state index contributed by atoms with van der Waals surface area (Å²) < 4.78 is 0. The smallest absolute Gasteiger partial charge is 0.0689 e. The summed E-state index contributed by atoms with van der Waals surface area (Å²) in [6.07, 6.45) is 10.1. The second-order valence-corrected chi connectivity index (χ2v) is 5.38. The van der Waals surface area contributed by atoms with Gasteiger partial charge in [-0.1, -0.05) is 31.4 Å². The number of rotatable bonds is 5.